The minimum absolute atomic E-state index is 0.284. The normalized spacial score (nSPS) is 15.4. The molecule has 3 nitrogen and oxygen atoms in total. The second-order valence-corrected chi connectivity index (χ2v) is 4.46. The fraction of sp³-hybridized carbons (Fsp3) is 0.231. The smallest absolute Gasteiger partial charge is 0.193 e. The fourth-order valence-corrected chi connectivity index (χ4v) is 2.21. The average Bonchev–Trinajstić information content (AvgIpc) is 2.95. The Morgan fingerprint density at radius 2 is 2.12 bits per heavy atom. The van der Waals surface area contributed by atoms with Crippen LogP contribution in [0.15, 0.2) is 34.7 Å². The van der Waals surface area contributed by atoms with Crippen LogP contribution in [0.4, 0.5) is 0 Å². The van der Waals surface area contributed by atoms with E-state index in [0.29, 0.717) is 11.0 Å². The van der Waals surface area contributed by atoms with Gasteiger partial charge in [-0.1, -0.05) is 6.07 Å². The Bertz CT molecular complexity index is 550. The van der Waals surface area contributed by atoms with Crippen molar-refractivity contribution in [3.8, 4) is 5.75 Å². The van der Waals surface area contributed by atoms with Gasteiger partial charge in [-0.15, -0.1) is 0 Å². The first-order valence-corrected chi connectivity index (χ1v) is 5.88. The van der Waals surface area contributed by atoms with Crippen molar-refractivity contribution in [2.45, 2.75) is 12.5 Å². The summed E-state index contributed by atoms with van der Waals surface area (Å²) >= 11 is 5.74. The largest absolute Gasteiger partial charge is 0.493 e. The van der Waals surface area contributed by atoms with Crippen LogP contribution in [0, 0.1) is 0 Å². The van der Waals surface area contributed by atoms with Gasteiger partial charge in [-0.3, -0.25) is 0 Å². The molecule has 0 spiro atoms. The standard InChI is InChI=1S/C13H12ClNO2/c14-12-4-3-11(17-12)13(15)9-1-2-10-8(7-9)5-6-16-10/h1-4,7,13H,5-6,15H2. The SMILES string of the molecule is NC(c1ccc2c(c1)CCO2)c1ccc(Cl)o1. The molecule has 0 amide bonds. The predicted octanol–water partition coefficient (Wildman–Crippen LogP) is 2.92. The molecule has 2 aromatic rings. The highest BCUT2D eigenvalue weighted by molar-refractivity contribution is 6.28. The quantitative estimate of drug-likeness (QED) is 0.890. The molecule has 1 atom stereocenters. The molecular formula is C13H12ClNO2. The number of hydrogen-bond donors (Lipinski definition) is 1. The van der Waals surface area contributed by atoms with Crippen molar-refractivity contribution in [1.82, 2.24) is 0 Å². The van der Waals surface area contributed by atoms with Crippen molar-refractivity contribution in [2.75, 3.05) is 6.61 Å². The Balaban J connectivity index is 1.94. The molecule has 0 saturated heterocycles. The number of benzene rings is 1. The molecule has 0 saturated carbocycles. The molecule has 17 heavy (non-hydrogen) atoms. The van der Waals surface area contributed by atoms with Crippen LogP contribution in [-0.4, -0.2) is 6.61 Å². The summed E-state index contributed by atoms with van der Waals surface area (Å²) in [6.07, 6.45) is 0.939. The van der Waals surface area contributed by atoms with E-state index in [2.05, 4.69) is 6.07 Å². The molecule has 3 rings (SSSR count). The number of halogens is 1. The topological polar surface area (TPSA) is 48.4 Å². The van der Waals surface area contributed by atoms with Crippen molar-refractivity contribution < 1.29 is 9.15 Å². The van der Waals surface area contributed by atoms with E-state index in [0.717, 1.165) is 24.3 Å². The molecule has 0 radical (unpaired) electrons. The van der Waals surface area contributed by atoms with E-state index in [1.54, 1.807) is 12.1 Å². The van der Waals surface area contributed by atoms with E-state index >= 15 is 0 Å². The zero-order valence-electron chi connectivity index (χ0n) is 9.15. The summed E-state index contributed by atoms with van der Waals surface area (Å²) in [5.74, 6) is 1.63. The Morgan fingerprint density at radius 1 is 1.24 bits per heavy atom. The molecule has 0 aliphatic carbocycles. The molecule has 1 aliphatic heterocycles. The van der Waals surface area contributed by atoms with Crippen LogP contribution in [0.25, 0.3) is 0 Å². The maximum atomic E-state index is 6.13. The van der Waals surface area contributed by atoms with E-state index in [9.17, 15) is 0 Å². The molecule has 0 bridgehead atoms. The third-order valence-corrected chi connectivity index (χ3v) is 3.18. The molecule has 1 unspecified atom stereocenters. The number of ether oxygens (including phenoxy) is 1. The highest BCUT2D eigenvalue weighted by Gasteiger charge is 2.17. The summed E-state index contributed by atoms with van der Waals surface area (Å²) < 4.78 is 10.8. The minimum Gasteiger partial charge on any atom is -0.493 e. The third-order valence-electron chi connectivity index (χ3n) is 2.97. The number of hydrogen-bond acceptors (Lipinski definition) is 3. The Labute approximate surface area is 104 Å². The van der Waals surface area contributed by atoms with E-state index in [-0.39, 0.29) is 6.04 Å². The second kappa shape index (κ2) is 4.09. The maximum Gasteiger partial charge on any atom is 0.193 e. The van der Waals surface area contributed by atoms with Gasteiger partial charge in [0, 0.05) is 6.42 Å². The maximum absolute atomic E-state index is 6.13. The summed E-state index contributed by atoms with van der Waals surface area (Å²) in [6, 6.07) is 9.22. The summed E-state index contributed by atoms with van der Waals surface area (Å²) in [7, 11) is 0. The van der Waals surface area contributed by atoms with Gasteiger partial charge in [-0.25, -0.2) is 0 Å². The van der Waals surface area contributed by atoms with Gasteiger partial charge in [0.05, 0.1) is 12.6 Å². The van der Waals surface area contributed by atoms with Gasteiger partial charge in [0.25, 0.3) is 0 Å². The molecule has 1 aromatic carbocycles. The average molecular weight is 250 g/mol. The lowest BCUT2D eigenvalue weighted by Crippen LogP contribution is -2.10. The lowest BCUT2D eigenvalue weighted by Gasteiger charge is -2.10. The molecule has 1 aromatic heterocycles. The van der Waals surface area contributed by atoms with Gasteiger partial charge in [-0.05, 0) is 47.0 Å². The third kappa shape index (κ3) is 1.92. The van der Waals surface area contributed by atoms with Crippen molar-refractivity contribution in [3.63, 3.8) is 0 Å². The molecule has 4 heteroatoms. The lowest BCUT2D eigenvalue weighted by atomic mass is 10.0. The second-order valence-electron chi connectivity index (χ2n) is 4.09. The van der Waals surface area contributed by atoms with Crippen LogP contribution < -0.4 is 10.5 Å². The van der Waals surface area contributed by atoms with Crippen LogP contribution in [0.1, 0.15) is 22.9 Å². The van der Waals surface area contributed by atoms with E-state index in [4.69, 9.17) is 26.5 Å². The lowest BCUT2D eigenvalue weighted by molar-refractivity contribution is 0.357. The van der Waals surface area contributed by atoms with Crippen LogP contribution >= 0.6 is 11.6 Å². The fourth-order valence-electron chi connectivity index (χ4n) is 2.06. The zero-order valence-corrected chi connectivity index (χ0v) is 9.91. The number of fused-ring (bicyclic) bond motifs is 1. The zero-order chi connectivity index (χ0) is 11.8. The van der Waals surface area contributed by atoms with Gasteiger partial charge in [0.1, 0.15) is 11.5 Å². The summed E-state index contributed by atoms with van der Waals surface area (Å²) in [5, 5.41) is 0.361. The predicted molar refractivity (Wildman–Crippen MR) is 65.4 cm³/mol. The van der Waals surface area contributed by atoms with Crippen molar-refractivity contribution in [3.05, 3.63) is 52.4 Å². The van der Waals surface area contributed by atoms with Gasteiger partial charge in [0.2, 0.25) is 0 Å². The van der Waals surface area contributed by atoms with E-state index < -0.39 is 0 Å². The van der Waals surface area contributed by atoms with Crippen molar-refractivity contribution >= 4 is 11.6 Å². The summed E-state index contributed by atoms with van der Waals surface area (Å²) in [5.41, 5.74) is 8.35. The molecule has 1 aliphatic rings. The van der Waals surface area contributed by atoms with Gasteiger partial charge in [0.15, 0.2) is 5.22 Å². The van der Waals surface area contributed by atoms with Crippen LogP contribution in [-0.2, 0) is 6.42 Å². The van der Waals surface area contributed by atoms with Crippen LogP contribution in [0.2, 0.25) is 5.22 Å². The number of nitrogens with two attached hydrogens (primary N) is 1. The summed E-state index contributed by atoms with van der Waals surface area (Å²) in [6.45, 7) is 0.751. The number of rotatable bonds is 2. The highest BCUT2D eigenvalue weighted by Crippen LogP contribution is 2.30. The van der Waals surface area contributed by atoms with Gasteiger partial charge < -0.3 is 14.9 Å². The first kappa shape index (κ1) is 10.7. The minimum atomic E-state index is -0.284. The molecule has 2 N–H and O–H groups in total. The first-order valence-electron chi connectivity index (χ1n) is 5.50. The number of furan rings is 1. The van der Waals surface area contributed by atoms with Gasteiger partial charge >= 0.3 is 0 Å². The van der Waals surface area contributed by atoms with E-state index in [1.807, 2.05) is 12.1 Å². The first-order chi connectivity index (χ1) is 8.24. The molecule has 2 heterocycles. The molecule has 88 valence electrons. The Morgan fingerprint density at radius 3 is 2.88 bits per heavy atom. The monoisotopic (exact) mass is 249 g/mol. The van der Waals surface area contributed by atoms with E-state index in [1.165, 1.54) is 5.56 Å². The summed E-state index contributed by atoms with van der Waals surface area (Å²) in [4.78, 5) is 0. The van der Waals surface area contributed by atoms with Crippen molar-refractivity contribution in [1.29, 1.82) is 0 Å². The van der Waals surface area contributed by atoms with Crippen molar-refractivity contribution in [2.24, 2.45) is 5.73 Å². The Hall–Kier alpha value is -1.45. The molecule has 0 fully saturated rings. The van der Waals surface area contributed by atoms with Crippen LogP contribution in [0.5, 0.6) is 5.75 Å². The highest BCUT2D eigenvalue weighted by atomic mass is 35.5. The molecular weight excluding hydrogens is 238 g/mol. The van der Waals surface area contributed by atoms with Gasteiger partial charge in [-0.2, -0.15) is 0 Å². The van der Waals surface area contributed by atoms with Crippen LogP contribution in [0.3, 0.4) is 0 Å². The Kier molecular flexibility index (Phi) is 2.57.